The van der Waals surface area contributed by atoms with E-state index in [-0.39, 0.29) is 6.42 Å². The number of anilines is 2. The van der Waals surface area contributed by atoms with Gasteiger partial charge in [0.1, 0.15) is 0 Å². The van der Waals surface area contributed by atoms with Crippen LogP contribution < -0.4 is 4.90 Å². The Labute approximate surface area is 114 Å². The van der Waals surface area contributed by atoms with Gasteiger partial charge in [0.2, 0.25) is 0 Å². The van der Waals surface area contributed by atoms with Gasteiger partial charge in [-0.25, -0.2) is 4.98 Å². The molecule has 1 N–H and O–H groups in total. The van der Waals surface area contributed by atoms with E-state index in [1.54, 1.807) is 17.5 Å². The minimum atomic E-state index is -0.891. The third-order valence-corrected chi connectivity index (χ3v) is 3.51. The summed E-state index contributed by atoms with van der Waals surface area (Å²) in [5.41, 5.74) is 2.05. The molecule has 0 spiro atoms. The highest BCUT2D eigenvalue weighted by atomic mass is 32.1. The van der Waals surface area contributed by atoms with Crippen LogP contribution in [0.2, 0.25) is 0 Å². The minimum Gasteiger partial charge on any atom is -0.481 e. The van der Waals surface area contributed by atoms with Gasteiger partial charge in [0.05, 0.1) is 23.7 Å². The maximum atomic E-state index is 10.6. The maximum absolute atomic E-state index is 10.6. The molecule has 0 aliphatic heterocycles. The zero-order valence-corrected chi connectivity index (χ0v) is 11.0. The minimum absolute atomic E-state index is 0.0717. The Hall–Kier alpha value is -2.39. The first-order valence-corrected chi connectivity index (χ1v) is 6.38. The molecule has 0 aliphatic rings. The smallest absolute Gasteiger partial charge is 0.309 e. The molecule has 0 amide bonds. The highest BCUT2D eigenvalue weighted by molar-refractivity contribution is 7.13. The van der Waals surface area contributed by atoms with Crippen molar-refractivity contribution in [2.45, 2.75) is 6.42 Å². The van der Waals surface area contributed by atoms with Crippen LogP contribution >= 0.6 is 11.3 Å². The first kappa shape index (κ1) is 13.1. The fourth-order valence-corrected chi connectivity index (χ4v) is 2.37. The Morgan fingerprint density at radius 1 is 1.47 bits per heavy atom. The van der Waals surface area contributed by atoms with Gasteiger partial charge in [0.15, 0.2) is 5.13 Å². The lowest BCUT2D eigenvalue weighted by molar-refractivity contribution is -0.136. The molecular formula is C13H11N3O2S. The molecule has 0 radical (unpaired) electrons. The molecular weight excluding hydrogens is 262 g/mol. The van der Waals surface area contributed by atoms with E-state index in [2.05, 4.69) is 11.1 Å². The van der Waals surface area contributed by atoms with Gasteiger partial charge in [0, 0.05) is 18.1 Å². The Bertz CT molecular complexity index is 628. The summed E-state index contributed by atoms with van der Waals surface area (Å²) in [7, 11) is 1.85. The number of carbonyl (C=O) groups is 1. The number of carboxylic acids is 1. The third kappa shape index (κ3) is 3.09. The monoisotopic (exact) mass is 273 g/mol. The van der Waals surface area contributed by atoms with Crippen LogP contribution in [-0.4, -0.2) is 23.1 Å². The molecule has 0 unspecified atom stereocenters. The van der Waals surface area contributed by atoms with E-state index in [1.165, 1.54) is 11.3 Å². The van der Waals surface area contributed by atoms with Crippen LogP contribution in [-0.2, 0) is 11.2 Å². The van der Waals surface area contributed by atoms with Crippen molar-refractivity contribution < 1.29 is 9.90 Å². The first-order valence-electron chi connectivity index (χ1n) is 5.50. The number of carboxylic acid groups (broad SMARTS) is 1. The number of aliphatic carboxylic acids is 1. The lowest BCUT2D eigenvalue weighted by Crippen LogP contribution is -2.09. The van der Waals surface area contributed by atoms with Crippen LogP contribution in [0.4, 0.5) is 10.8 Å². The largest absolute Gasteiger partial charge is 0.481 e. The summed E-state index contributed by atoms with van der Waals surface area (Å²) in [4.78, 5) is 16.7. The van der Waals surface area contributed by atoms with E-state index in [4.69, 9.17) is 10.4 Å². The van der Waals surface area contributed by atoms with E-state index < -0.39 is 5.97 Å². The second kappa shape index (κ2) is 5.50. The highest BCUT2D eigenvalue weighted by Gasteiger charge is 2.11. The number of hydrogen-bond donors (Lipinski definition) is 1. The van der Waals surface area contributed by atoms with Gasteiger partial charge in [-0.15, -0.1) is 11.3 Å². The van der Waals surface area contributed by atoms with E-state index in [0.717, 1.165) is 10.8 Å². The maximum Gasteiger partial charge on any atom is 0.309 e. The van der Waals surface area contributed by atoms with Gasteiger partial charge in [-0.05, 0) is 24.3 Å². The van der Waals surface area contributed by atoms with Crippen LogP contribution in [0.3, 0.4) is 0 Å². The van der Waals surface area contributed by atoms with Crippen LogP contribution in [0.5, 0.6) is 0 Å². The molecule has 0 atom stereocenters. The molecule has 0 fully saturated rings. The molecule has 1 aromatic carbocycles. The van der Waals surface area contributed by atoms with Gasteiger partial charge >= 0.3 is 5.97 Å². The molecule has 0 aliphatic carbocycles. The summed E-state index contributed by atoms with van der Waals surface area (Å²) < 4.78 is 0. The summed E-state index contributed by atoms with van der Waals surface area (Å²) in [6, 6.07) is 9.19. The lowest BCUT2D eigenvalue weighted by atomic mass is 10.2. The van der Waals surface area contributed by atoms with E-state index >= 15 is 0 Å². The van der Waals surface area contributed by atoms with Crippen molar-refractivity contribution in [2.24, 2.45) is 0 Å². The zero-order chi connectivity index (χ0) is 13.8. The summed E-state index contributed by atoms with van der Waals surface area (Å²) in [5.74, 6) is -0.891. The molecule has 2 aromatic rings. The molecule has 96 valence electrons. The van der Waals surface area contributed by atoms with Crippen LogP contribution in [0.25, 0.3) is 0 Å². The van der Waals surface area contributed by atoms with Crippen molar-refractivity contribution in [2.75, 3.05) is 11.9 Å². The molecule has 0 saturated carbocycles. The zero-order valence-electron chi connectivity index (χ0n) is 10.2. The van der Waals surface area contributed by atoms with Crippen molar-refractivity contribution >= 4 is 28.1 Å². The summed E-state index contributed by atoms with van der Waals surface area (Å²) in [5, 5.41) is 19.9. The first-order chi connectivity index (χ1) is 9.10. The molecule has 0 saturated heterocycles. The second-order valence-electron chi connectivity index (χ2n) is 3.91. The normalized spacial score (nSPS) is 9.89. The Balaban J connectivity index is 2.18. The van der Waals surface area contributed by atoms with Crippen molar-refractivity contribution in [3.8, 4) is 6.07 Å². The predicted octanol–water partition coefficient (Wildman–Crippen LogP) is 2.41. The third-order valence-electron chi connectivity index (χ3n) is 2.54. The van der Waals surface area contributed by atoms with Crippen LogP contribution in [0.1, 0.15) is 11.3 Å². The van der Waals surface area contributed by atoms with Gasteiger partial charge in [0.25, 0.3) is 0 Å². The van der Waals surface area contributed by atoms with E-state index in [1.807, 2.05) is 24.1 Å². The molecule has 19 heavy (non-hydrogen) atoms. The molecule has 5 nitrogen and oxygen atoms in total. The van der Waals surface area contributed by atoms with Gasteiger partial charge in [-0.3, -0.25) is 4.79 Å². The van der Waals surface area contributed by atoms with Crippen molar-refractivity contribution in [3.05, 3.63) is 40.9 Å². The van der Waals surface area contributed by atoms with Crippen molar-refractivity contribution in [3.63, 3.8) is 0 Å². The predicted molar refractivity (Wildman–Crippen MR) is 72.7 cm³/mol. The number of hydrogen-bond acceptors (Lipinski definition) is 5. The SMILES string of the molecule is CN(c1ccc(C#N)cc1)c1nc(CC(=O)O)cs1. The number of benzene rings is 1. The topological polar surface area (TPSA) is 77.2 Å². The quantitative estimate of drug-likeness (QED) is 0.925. The van der Waals surface area contributed by atoms with E-state index in [0.29, 0.717) is 11.3 Å². The number of nitrogens with zero attached hydrogens (tertiary/aromatic N) is 3. The molecule has 0 bridgehead atoms. The lowest BCUT2D eigenvalue weighted by Gasteiger charge is -2.15. The number of thiazole rings is 1. The molecule has 2 rings (SSSR count). The Morgan fingerprint density at radius 2 is 2.16 bits per heavy atom. The fourth-order valence-electron chi connectivity index (χ4n) is 1.56. The van der Waals surface area contributed by atoms with E-state index in [9.17, 15) is 4.79 Å². The fraction of sp³-hybridized carbons (Fsp3) is 0.154. The second-order valence-corrected chi connectivity index (χ2v) is 4.75. The van der Waals surface area contributed by atoms with Crippen molar-refractivity contribution in [1.82, 2.24) is 4.98 Å². The summed E-state index contributed by atoms with van der Waals surface area (Å²) in [6.07, 6.45) is -0.0717. The Kier molecular flexibility index (Phi) is 3.78. The molecule has 1 aromatic heterocycles. The Morgan fingerprint density at radius 3 is 2.74 bits per heavy atom. The van der Waals surface area contributed by atoms with Gasteiger partial charge < -0.3 is 10.0 Å². The number of aromatic nitrogens is 1. The average Bonchev–Trinajstić information content (AvgIpc) is 2.85. The molecule has 6 heteroatoms. The standard InChI is InChI=1S/C13H11N3O2S/c1-16(11-4-2-9(7-14)3-5-11)13-15-10(8-19-13)6-12(17)18/h2-5,8H,6H2,1H3,(H,17,18). The molecule has 1 heterocycles. The highest BCUT2D eigenvalue weighted by Crippen LogP contribution is 2.27. The summed E-state index contributed by atoms with van der Waals surface area (Å²) in [6.45, 7) is 0. The number of rotatable bonds is 4. The van der Waals surface area contributed by atoms with Gasteiger partial charge in [-0.1, -0.05) is 0 Å². The van der Waals surface area contributed by atoms with Crippen LogP contribution in [0.15, 0.2) is 29.6 Å². The summed E-state index contributed by atoms with van der Waals surface area (Å²) >= 11 is 1.39. The average molecular weight is 273 g/mol. The van der Waals surface area contributed by atoms with Crippen LogP contribution in [0, 0.1) is 11.3 Å². The van der Waals surface area contributed by atoms with Gasteiger partial charge in [-0.2, -0.15) is 5.26 Å². The van der Waals surface area contributed by atoms with Crippen molar-refractivity contribution in [1.29, 1.82) is 5.26 Å². The number of nitriles is 1.